The van der Waals surface area contributed by atoms with E-state index in [1.165, 1.54) is 23.3 Å². The number of rotatable bonds is 10. The monoisotopic (exact) mass is 501 g/mol. The molecule has 0 saturated carbocycles. The maximum Gasteiger partial charge on any atom is 0.228 e. The first-order chi connectivity index (χ1) is 16.5. The number of benzene rings is 2. The molecule has 0 radical (unpaired) electrons. The zero-order chi connectivity index (χ0) is 23.9. The van der Waals surface area contributed by atoms with E-state index < -0.39 is 0 Å². The second-order valence-electron chi connectivity index (χ2n) is 8.61. The van der Waals surface area contributed by atoms with Crippen molar-refractivity contribution in [2.24, 2.45) is 0 Å². The van der Waals surface area contributed by atoms with Gasteiger partial charge in [-0.15, -0.1) is 11.8 Å². The van der Waals surface area contributed by atoms with Crippen LogP contribution in [-0.2, 0) is 9.53 Å². The second kappa shape index (κ2) is 12.1. The normalized spacial score (nSPS) is 14.6. The van der Waals surface area contributed by atoms with Gasteiger partial charge < -0.3 is 4.74 Å². The average Bonchev–Trinajstić information content (AvgIpc) is 3.28. The number of ether oxygens (including phenoxy) is 1. The molecule has 2 aromatic carbocycles. The van der Waals surface area contributed by atoms with E-state index in [9.17, 15) is 9.18 Å². The molecule has 1 amide bonds. The summed E-state index contributed by atoms with van der Waals surface area (Å²) in [5.41, 5.74) is 3.39. The van der Waals surface area contributed by atoms with Crippen molar-refractivity contribution < 1.29 is 13.9 Å². The van der Waals surface area contributed by atoms with Crippen molar-refractivity contribution in [3.63, 3.8) is 0 Å². The summed E-state index contributed by atoms with van der Waals surface area (Å²) in [6.07, 6.45) is 2.15. The summed E-state index contributed by atoms with van der Waals surface area (Å²) in [6, 6.07) is 10.7. The molecule has 34 heavy (non-hydrogen) atoms. The first-order valence-electron chi connectivity index (χ1n) is 11.9. The lowest BCUT2D eigenvalue weighted by Gasteiger charge is -2.27. The second-order valence-corrected chi connectivity index (χ2v) is 10.8. The van der Waals surface area contributed by atoms with Crippen LogP contribution in [0.2, 0.25) is 0 Å². The highest BCUT2D eigenvalue weighted by Gasteiger charge is 2.21. The first-order valence-corrected chi connectivity index (χ1v) is 13.7. The number of thioether (sulfide) groups is 1. The standard InChI is InChI=1S/C26H32FN3O2S2/c1-19-6-11-23-25(20(19)2)28-26(34-23)30(13-4-12-29-14-16-32-17-15-29)24(31)5-3-18-33-22-9-7-21(27)8-10-22/h6-11H,3-5,12-18H2,1-2H3. The number of carbonyl (C=O) groups is 1. The van der Waals surface area contributed by atoms with Crippen molar-refractivity contribution in [3.05, 3.63) is 53.3 Å². The molecule has 4 rings (SSSR count). The van der Waals surface area contributed by atoms with Crippen molar-refractivity contribution in [2.75, 3.05) is 50.0 Å². The molecule has 1 aliphatic rings. The van der Waals surface area contributed by atoms with Gasteiger partial charge in [0.25, 0.3) is 0 Å². The number of anilines is 1. The molecular formula is C26H32FN3O2S2. The Labute approximate surface area is 209 Å². The summed E-state index contributed by atoms with van der Waals surface area (Å²) in [5, 5.41) is 0.793. The molecule has 0 aliphatic carbocycles. The van der Waals surface area contributed by atoms with Crippen molar-refractivity contribution in [2.45, 2.75) is 38.0 Å². The minimum Gasteiger partial charge on any atom is -0.379 e. The van der Waals surface area contributed by atoms with Crippen molar-refractivity contribution in [1.29, 1.82) is 0 Å². The molecule has 2 heterocycles. The van der Waals surface area contributed by atoms with Crippen molar-refractivity contribution >= 4 is 44.4 Å². The summed E-state index contributed by atoms with van der Waals surface area (Å²) in [6.45, 7) is 9.28. The predicted molar refractivity (Wildman–Crippen MR) is 140 cm³/mol. The van der Waals surface area contributed by atoms with Crippen LogP contribution in [0.5, 0.6) is 0 Å². The Morgan fingerprint density at radius 2 is 1.91 bits per heavy atom. The number of thiazole rings is 1. The number of morpholine rings is 1. The number of nitrogens with zero attached hydrogens (tertiary/aromatic N) is 3. The SMILES string of the molecule is Cc1ccc2sc(N(CCCN3CCOCC3)C(=O)CCCSc3ccc(F)cc3)nc2c1C. The van der Waals surface area contributed by atoms with Gasteiger partial charge in [0.2, 0.25) is 5.91 Å². The van der Waals surface area contributed by atoms with Gasteiger partial charge in [-0.1, -0.05) is 17.4 Å². The molecule has 1 saturated heterocycles. The van der Waals surface area contributed by atoms with E-state index in [0.29, 0.717) is 13.0 Å². The summed E-state index contributed by atoms with van der Waals surface area (Å²) < 4.78 is 19.7. The van der Waals surface area contributed by atoms with E-state index in [1.54, 1.807) is 35.2 Å². The Balaban J connectivity index is 1.40. The van der Waals surface area contributed by atoms with Gasteiger partial charge in [-0.3, -0.25) is 14.6 Å². The first kappa shape index (κ1) is 25.1. The molecule has 3 aromatic rings. The van der Waals surface area contributed by atoms with Gasteiger partial charge >= 0.3 is 0 Å². The van der Waals surface area contributed by atoms with E-state index in [-0.39, 0.29) is 11.7 Å². The maximum absolute atomic E-state index is 13.3. The lowest BCUT2D eigenvalue weighted by Crippen LogP contribution is -2.39. The quantitative estimate of drug-likeness (QED) is 0.264. The van der Waals surface area contributed by atoms with Crippen LogP contribution in [-0.4, -0.2) is 60.9 Å². The molecule has 1 aromatic heterocycles. The number of halogens is 1. The van der Waals surface area contributed by atoms with Gasteiger partial charge in [-0.05, 0) is 73.9 Å². The number of aromatic nitrogens is 1. The summed E-state index contributed by atoms with van der Waals surface area (Å²) >= 11 is 3.25. The Bertz CT molecular complexity index is 1100. The largest absolute Gasteiger partial charge is 0.379 e. The molecule has 0 bridgehead atoms. The molecule has 0 spiro atoms. The highest BCUT2D eigenvalue weighted by atomic mass is 32.2. The Morgan fingerprint density at radius 3 is 2.68 bits per heavy atom. The lowest BCUT2D eigenvalue weighted by molar-refractivity contribution is -0.118. The molecule has 1 fully saturated rings. The third-order valence-electron chi connectivity index (χ3n) is 6.18. The molecular weight excluding hydrogens is 469 g/mol. The number of amides is 1. The van der Waals surface area contributed by atoms with E-state index in [2.05, 4.69) is 30.9 Å². The third kappa shape index (κ3) is 6.56. The van der Waals surface area contributed by atoms with E-state index in [0.717, 1.165) is 71.7 Å². The zero-order valence-corrected chi connectivity index (χ0v) is 21.5. The highest BCUT2D eigenvalue weighted by molar-refractivity contribution is 7.99. The van der Waals surface area contributed by atoms with Crippen LogP contribution in [0.3, 0.4) is 0 Å². The van der Waals surface area contributed by atoms with Gasteiger partial charge in [0.05, 0.1) is 23.4 Å². The fourth-order valence-electron chi connectivity index (χ4n) is 4.01. The van der Waals surface area contributed by atoms with Gasteiger partial charge in [0.1, 0.15) is 5.82 Å². The van der Waals surface area contributed by atoms with Crippen LogP contribution >= 0.6 is 23.1 Å². The van der Waals surface area contributed by atoms with E-state index in [1.807, 2.05) is 4.90 Å². The number of hydrogen-bond acceptors (Lipinski definition) is 6. The molecule has 8 heteroatoms. The van der Waals surface area contributed by atoms with Crippen LogP contribution in [0, 0.1) is 19.7 Å². The topological polar surface area (TPSA) is 45.7 Å². The fourth-order valence-corrected chi connectivity index (χ4v) is 5.93. The lowest BCUT2D eigenvalue weighted by atomic mass is 10.1. The molecule has 0 atom stereocenters. The fraction of sp³-hybridized carbons (Fsp3) is 0.462. The van der Waals surface area contributed by atoms with Crippen LogP contribution in [0.15, 0.2) is 41.3 Å². The van der Waals surface area contributed by atoms with E-state index in [4.69, 9.17) is 9.72 Å². The zero-order valence-electron chi connectivity index (χ0n) is 19.9. The van der Waals surface area contributed by atoms with Crippen LogP contribution in [0.25, 0.3) is 10.2 Å². The Hall–Kier alpha value is -2.00. The number of carbonyl (C=O) groups excluding carboxylic acids is 1. The predicted octanol–water partition coefficient (Wildman–Crippen LogP) is 5.68. The van der Waals surface area contributed by atoms with Crippen molar-refractivity contribution in [1.82, 2.24) is 9.88 Å². The Morgan fingerprint density at radius 1 is 1.15 bits per heavy atom. The van der Waals surface area contributed by atoms with Gasteiger partial charge in [-0.25, -0.2) is 9.37 Å². The third-order valence-corrected chi connectivity index (χ3v) is 8.32. The molecule has 0 unspecified atom stereocenters. The smallest absolute Gasteiger partial charge is 0.228 e. The summed E-state index contributed by atoms with van der Waals surface area (Å²) in [5.74, 6) is 0.709. The number of fused-ring (bicyclic) bond motifs is 1. The summed E-state index contributed by atoms with van der Waals surface area (Å²) in [7, 11) is 0. The van der Waals surface area contributed by atoms with Gasteiger partial charge in [-0.2, -0.15) is 0 Å². The highest BCUT2D eigenvalue weighted by Crippen LogP contribution is 2.32. The molecule has 1 aliphatic heterocycles. The maximum atomic E-state index is 13.3. The average molecular weight is 502 g/mol. The van der Waals surface area contributed by atoms with Crippen LogP contribution in [0.1, 0.15) is 30.4 Å². The minimum absolute atomic E-state index is 0.120. The van der Waals surface area contributed by atoms with Gasteiger partial charge in [0, 0.05) is 37.5 Å². The number of hydrogen-bond donors (Lipinski definition) is 0. The van der Waals surface area contributed by atoms with Crippen LogP contribution < -0.4 is 4.90 Å². The van der Waals surface area contributed by atoms with Crippen molar-refractivity contribution in [3.8, 4) is 0 Å². The molecule has 182 valence electrons. The Kier molecular flexibility index (Phi) is 8.94. The molecule has 0 N–H and O–H groups in total. The number of aryl methyl sites for hydroxylation is 2. The van der Waals surface area contributed by atoms with Gasteiger partial charge in [0.15, 0.2) is 5.13 Å². The van der Waals surface area contributed by atoms with Crippen LogP contribution in [0.4, 0.5) is 9.52 Å². The van der Waals surface area contributed by atoms with E-state index >= 15 is 0 Å². The summed E-state index contributed by atoms with van der Waals surface area (Å²) in [4.78, 5) is 23.5. The minimum atomic E-state index is -0.228. The molecule has 5 nitrogen and oxygen atoms in total.